The van der Waals surface area contributed by atoms with Crippen LogP contribution in [0.15, 0.2) is 46.4 Å². The summed E-state index contributed by atoms with van der Waals surface area (Å²) in [6.45, 7) is 3.06. The van der Waals surface area contributed by atoms with Gasteiger partial charge in [0.05, 0.1) is 6.54 Å². The van der Waals surface area contributed by atoms with Crippen molar-refractivity contribution in [3.05, 3.63) is 56.8 Å². The second-order valence-electron chi connectivity index (χ2n) is 5.40. The third kappa shape index (κ3) is 3.23. The molecular formula is C17H19BrN2S. The van der Waals surface area contributed by atoms with Gasteiger partial charge in [0.15, 0.2) is 0 Å². The lowest BCUT2D eigenvalue weighted by Gasteiger charge is -2.10. The Morgan fingerprint density at radius 2 is 2.19 bits per heavy atom. The standard InChI is InChI=1S/C17H19BrN2S/c1-2-14(19)8-12-4-3-5-17-16(12)6-7-20(17)10-15-9-13(18)11-21-15/h3-7,9,11,14H,2,8,10,19H2,1H3. The Balaban J connectivity index is 1.93. The molecule has 0 aliphatic carbocycles. The first-order chi connectivity index (χ1) is 10.2. The predicted molar refractivity (Wildman–Crippen MR) is 95.0 cm³/mol. The van der Waals surface area contributed by atoms with Gasteiger partial charge in [-0.25, -0.2) is 0 Å². The molecule has 0 saturated heterocycles. The van der Waals surface area contributed by atoms with Gasteiger partial charge < -0.3 is 10.3 Å². The first-order valence-corrected chi connectivity index (χ1v) is 8.90. The van der Waals surface area contributed by atoms with E-state index in [0.29, 0.717) is 0 Å². The molecule has 1 unspecified atom stereocenters. The van der Waals surface area contributed by atoms with Crippen LogP contribution in [0.4, 0.5) is 0 Å². The van der Waals surface area contributed by atoms with Crippen molar-refractivity contribution in [2.75, 3.05) is 0 Å². The molecule has 2 heterocycles. The molecule has 1 aromatic carbocycles. The third-order valence-corrected chi connectivity index (χ3v) is 5.54. The van der Waals surface area contributed by atoms with E-state index in [1.165, 1.54) is 21.3 Å². The quantitative estimate of drug-likeness (QED) is 0.694. The highest BCUT2D eigenvalue weighted by molar-refractivity contribution is 9.10. The van der Waals surface area contributed by atoms with Gasteiger partial charge in [-0.2, -0.15) is 0 Å². The van der Waals surface area contributed by atoms with Gasteiger partial charge >= 0.3 is 0 Å². The first-order valence-electron chi connectivity index (χ1n) is 7.22. The molecule has 0 aliphatic rings. The number of thiophene rings is 1. The molecule has 0 fully saturated rings. The first kappa shape index (κ1) is 14.8. The maximum Gasteiger partial charge on any atom is 0.0569 e. The number of benzene rings is 1. The lowest BCUT2D eigenvalue weighted by molar-refractivity contribution is 0.649. The van der Waals surface area contributed by atoms with Crippen LogP contribution >= 0.6 is 27.3 Å². The SMILES string of the molecule is CCC(N)Cc1cccc2c1ccn2Cc1cc(Br)cs1. The Morgan fingerprint density at radius 3 is 2.90 bits per heavy atom. The van der Waals surface area contributed by atoms with Crippen molar-refractivity contribution in [2.24, 2.45) is 5.73 Å². The molecule has 3 rings (SSSR count). The highest BCUT2D eigenvalue weighted by Crippen LogP contribution is 2.25. The molecule has 110 valence electrons. The Bertz CT molecular complexity index is 744. The van der Waals surface area contributed by atoms with E-state index >= 15 is 0 Å². The minimum Gasteiger partial charge on any atom is -0.342 e. The Kier molecular flexibility index (Phi) is 4.48. The largest absolute Gasteiger partial charge is 0.342 e. The Hall–Kier alpha value is -1.10. The molecule has 1 atom stereocenters. The summed E-state index contributed by atoms with van der Waals surface area (Å²) in [5.41, 5.74) is 8.77. The molecule has 0 bridgehead atoms. The number of hydrogen-bond acceptors (Lipinski definition) is 2. The van der Waals surface area contributed by atoms with Gasteiger partial charge in [0.25, 0.3) is 0 Å². The third-order valence-electron chi connectivity index (χ3n) is 3.86. The second kappa shape index (κ2) is 6.34. The average molecular weight is 363 g/mol. The van der Waals surface area contributed by atoms with E-state index in [9.17, 15) is 0 Å². The van der Waals surface area contributed by atoms with Crippen LogP contribution in [0, 0.1) is 0 Å². The molecule has 3 aromatic rings. The normalized spacial score (nSPS) is 12.9. The zero-order chi connectivity index (χ0) is 14.8. The van der Waals surface area contributed by atoms with E-state index in [4.69, 9.17) is 5.73 Å². The van der Waals surface area contributed by atoms with Crippen molar-refractivity contribution >= 4 is 38.2 Å². The van der Waals surface area contributed by atoms with E-state index in [0.717, 1.165) is 23.9 Å². The fourth-order valence-electron chi connectivity index (χ4n) is 2.63. The molecule has 0 aliphatic heterocycles. The highest BCUT2D eigenvalue weighted by Gasteiger charge is 2.09. The summed E-state index contributed by atoms with van der Waals surface area (Å²) in [4.78, 5) is 1.36. The summed E-state index contributed by atoms with van der Waals surface area (Å²) in [5, 5.41) is 3.46. The fraction of sp³-hybridized carbons (Fsp3) is 0.294. The number of nitrogens with two attached hydrogens (primary N) is 1. The molecule has 0 radical (unpaired) electrons. The predicted octanol–water partition coefficient (Wildman–Crippen LogP) is 4.79. The molecule has 0 amide bonds. The Labute approximate surface area is 137 Å². The van der Waals surface area contributed by atoms with Crippen LogP contribution in [-0.2, 0) is 13.0 Å². The van der Waals surface area contributed by atoms with Crippen LogP contribution in [0.5, 0.6) is 0 Å². The lowest BCUT2D eigenvalue weighted by atomic mass is 10.0. The van der Waals surface area contributed by atoms with E-state index < -0.39 is 0 Å². The second-order valence-corrected chi connectivity index (χ2v) is 7.31. The van der Waals surface area contributed by atoms with Crippen LogP contribution in [0.1, 0.15) is 23.8 Å². The van der Waals surface area contributed by atoms with Gasteiger partial charge in [-0.05, 0) is 52.5 Å². The number of hydrogen-bond donors (Lipinski definition) is 1. The van der Waals surface area contributed by atoms with Gasteiger partial charge in [0, 0.05) is 37.9 Å². The summed E-state index contributed by atoms with van der Waals surface area (Å²) in [7, 11) is 0. The maximum atomic E-state index is 6.12. The van der Waals surface area contributed by atoms with Gasteiger partial charge in [0.2, 0.25) is 0 Å². The molecule has 21 heavy (non-hydrogen) atoms. The van der Waals surface area contributed by atoms with Crippen molar-refractivity contribution in [1.82, 2.24) is 4.57 Å². The number of nitrogens with zero attached hydrogens (tertiary/aromatic N) is 1. The van der Waals surface area contributed by atoms with Gasteiger partial charge in [-0.1, -0.05) is 19.1 Å². The smallest absolute Gasteiger partial charge is 0.0569 e. The lowest BCUT2D eigenvalue weighted by Crippen LogP contribution is -2.21. The zero-order valence-corrected chi connectivity index (χ0v) is 14.5. The van der Waals surface area contributed by atoms with Crippen molar-refractivity contribution < 1.29 is 0 Å². The number of fused-ring (bicyclic) bond motifs is 1. The average Bonchev–Trinajstić information content (AvgIpc) is 3.07. The van der Waals surface area contributed by atoms with Crippen LogP contribution in [-0.4, -0.2) is 10.6 Å². The maximum absolute atomic E-state index is 6.12. The van der Waals surface area contributed by atoms with E-state index in [-0.39, 0.29) is 6.04 Å². The van der Waals surface area contributed by atoms with Crippen LogP contribution in [0.2, 0.25) is 0 Å². The molecular weight excluding hydrogens is 344 g/mol. The Morgan fingerprint density at radius 1 is 1.33 bits per heavy atom. The van der Waals surface area contributed by atoms with Crippen molar-refractivity contribution in [3.8, 4) is 0 Å². The fourth-order valence-corrected chi connectivity index (χ4v) is 4.08. The molecule has 2 N–H and O–H groups in total. The monoisotopic (exact) mass is 362 g/mol. The number of halogens is 1. The highest BCUT2D eigenvalue weighted by atomic mass is 79.9. The van der Waals surface area contributed by atoms with Gasteiger partial charge in [0.1, 0.15) is 0 Å². The molecule has 2 aromatic heterocycles. The molecule has 4 heteroatoms. The van der Waals surface area contributed by atoms with Crippen LogP contribution in [0.3, 0.4) is 0 Å². The summed E-state index contributed by atoms with van der Waals surface area (Å²) >= 11 is 5.31. The van der Waals surface area contributed by atoms with Gasteiger partial charge in [-0.3, -0.25) is 0 Å². The number of aromatic nitrogens is 1. The van der Waals surface area contributed by atoms with Crippen LogP contribution in [0.25, 0.3) is 10.9 Å². The molecule has 0 saturated carbocycles. The summed E-state index contributed by atoms with van der Waals surface area (Å²) in [6.07, 6.45) is 4.14. The molecule has 0 spiro atoms. The van der Waals surface area contributed by atoms with Crippen molar-refractivity contribution in [3.63, 3.8) is 0 Å². The van der Waals surface area contributed by atoms with E-state index in [1.807, 2.05) is 0 Å². The summed E-state index contributed by atoms with van der Waals surface area (Å²) in [5.74, 6) is 0. The van der Waals surface area contributed by atoms with Gasteiger partial charge in [-0.15, -0.1) is 11.3 Å². The molecule has 2 nitrogen and oxygen atoms in total. The summed E-state index contributed by atoms with van der Waals surface area (Å²) in [6, 6.07) is 11.2. The van der Waals surface area contributed by atoms with E-state index in [1.54, 1.807) is 11.3 Å². The van der Waals surface area contributed by atoms with Crippen LogP contribution < -0.4 is 5.73 Å². The topological polar surface area (TPSA) is 30.9 Å². The van der Waals surface area contributed by atoms with E-state index in [2.05, 4.69) is 69.3 Å². The summed E-state index contributed by atoms with van der Waals surface area (Å²) < 4.78 is 3.47. The van der Waals surface area contributed by atoms with Crippen molar-refractivity contribution in [1.29, 1.82) is 0 Å². The minimum atomic E-state index is 0.243. The zero-order valence-electron chi connectivity index (χ0n) is 12.1. The van der Waals surface area contributed by atoms with Crippen molar-refractivity contribution in [2.45, 2.75) is 32.4 Å². The number of rotatable bonds is 5. The minimum absolute atomic E-state index is 0.243.